The van der Waals surface area contributed by atoms with Crippen LogP contribution in [-0.4, -0.2) is 30.8 Å². The molecule has 88 valence electrons. The zero-order chi connectivity index (χ0) is 12.1. The van der Waals surface area contributed by atoms with Gasteiger partial charge < -0.3 is 15.2 Å². The second kappa shape index (κ2) is 5.46. The van der Waals surface area contributed by atoms with E-state index in [-0.39, 0.29) is 12.4 Å². The van der Waals surface area contributed by atoms with Crippen molar-refractivity contribution < 1.29 is 19.0 Å². The maximum Gasteiger partial charge on any atom is 0.328 e. The molecule has 1 atom stereocenters. The standard InChI is InChI=1S/C11H14FNO3/c1-7-5-8(12)3-4-9(7)13-10(6-16-2)11(14)15/h3-5,10,13H,6H2,1-2H3,(H,14,15). The maximum atomic E-state index is 12.8. The molecule has 0 aliphatic heterocycles. The van der Waals surface area contributed by atoms with Gasteiger partial charge in [0.2, 0.25) is 0 Å². The first-order valence-corrected chi connectivity index (χ1v) is 4.79. The predicted molar refractivity (Wildman–Crippen MR) is 58.1 cm³/mol. The second-order valence-electron chi connectivity index (χ2n) is 3.45. The first-order valence-electron chi connectivity index (χ1n) is 4.79. The van der Waals surface area contributed by atoms with Gasteiger partial charge in [0.15, 0.2) is 0 Å². The summed E-state index contributed by atoms with van der Waals surface area (Å²) in [6.45, 7) is 1.75. The zero-order valence-corrected chi connectivity index (χ0v) is 9.16. The molecule has 0 aliphatic rings. The SMILES string of the molecule is COCC(Nc1ccc(F)cc1C)C(=O)O. The molecule has 1 rings (SSSR count). The molecule has 0 bridgehead atoms. The van der Waals surface area contributed by atoms with Crippen LogP contribution in [0.4, 0.5) is 10.1 Å². The molecule has 0 saturated carbocycles. The maximum absolute atomic E-state index is 12.8. The Hall–Kier alpha value is -1.62. The number of aryl methyl sites for hydroxylation is 1. The summed E-state index contributed by atoms with van der Waals surface area (Å²) in [7, 11) is 1.43. The lowest BCUT2D eigenvalue weighted by Crippen LogP contribution is -2.33. The Labute approximate surface area is 93.0 Å². The van der Waals surface area contributed by atoms with Crippen molar-refractivity contribution in [2.24, 2.45) is 0 Å². The monoisotopic (exact) mass is 227 g/mol. The second-order valence-corrected chi connectivity index (χ2v) is 3.45. The van der Waals surface area contributed by atoms with E-state index in [1.807, 2.05) is 0 Å². The van der Waals surface area contributed by atoms with Crippen molar-refractivity contribution in [1.82, 2.24) is 0 Å². The van der Waals surface area contributed by atoms with Crippen LogP contribution in [0.5, 0.6) is 0 Å². The predicted octanol–water partition coefficient (Wildman–Crippen LogP) is 1.65. The first kappa shape index (κ1) is 12.4. The Morgan fingerprint density at radius 2 is 2.31 bits per heavy atom. The van der Waals surface area contributed by atoms with Gasteiger partial charge in [-0.25, -0.2) is 9.18 Å². The molecule has 0 spiro atoms. The number of carbonyl (C=O) groups is 1. The van der Waals surface area contributed by atoms with Crippen LogP contribution in [-0.2, 0) is 9.53 Å². The van der Waals surface area contributed by atoms with Gasteiger partial charge in [0.1, 0.15) is 11.9 Å². The summed E-state index contributed by atoms with van der Waals surface area (Å²) in [6, 6.07) is 3.29. The summed E-state index contributed by atoms with van der Waals surface area (Å²) in [6.07, 6.45) is 0. The summed E-state index contributed by atoms with van der Waals surface area (Å²) in [5.74, 6) is -1.35. The third-order valence-electron chi connectivity index (χ3n) is 2.15. The van der Waals surface area contributed by atoms with Gasteiger partial charge in [0.05, 0.1) is 6.61 Å². The summed E-state index contributed by atoms with van der Waals surface area (Å²) < 4.78 is 17.6. The average molecular weight is 227 g/mol. The molecule has 16 heavy (non-hydrogen) atoms. The van der Waals surface area contributed by atoms with E-state index >= 15 is 0 Å². The molecule has 1 aromatic carbocycles. The summed E-state index contributed by atoms with van der Waals surface area (Å²) in [5, 5.41) is 11.7. The summed E-state index contributed by atoms with van der Waals surface area (Å²) >= 11 is 0. The molecule has 0 heterocycles. The Kier molecular flexibility index (Phi) is 4.25. The van der Waals surface area contributed by atoms with Gasteiger partial charge in [-0.3, -0.25) is 0 Å². The van der Waals surface area contributed by atoms with E-state index in [1.54, 1.807) is 6.92 Å². The Morgan fingerprint density at radius 1 is 1.62 bits per heavy atom. The van der Waals surface area contributed by atoms with Gasteiger partial charge in [-0.2, -0.15) is 0 Å². The number of halogens is 1. The molecule has 0 aromatic heterocycles. The highest BCUT2D eigenvalue weighted by atomic mass is 19.1. The molecule has 2 N–H and O–H groups in total. The van der Waals surface area contributed by atoms with Gasteiger partial charge in [-0.15, -0.1) is 0 Å². The molecule has 0 radical (unpaired) electrons. The van der Waals surface area contributed by atoms with E-state index in [9.17, 15) is 9.18 Å². The molecular formula is C11H14FNO3. The van der Waals surface area contributed by atoms with Crippen LogP contribution in [0.25, 0.3) is 0 Å². The lowest BCUT2D eigenvalue weighted by Gasteiger charge is -2.16. The normalized spacial score (nSPS) is 12.2. The molecule has 1 unspecified atom stereocenters. The van der Waals surface area contributed by atoms with Gasteiger partial charge in [-0.1, -0.05) is 0 Å². The fourth-order valence-electron chi connectivity index (χ4n) is 1.32. The highest BCUT2D eigenvalue weighted by molar-refractivity contribution is 5.77. The smallest absolute Gasteiger partial charge is 0.328 e. The highest BCUT2D eigenvalue weighted by Gasteiger charge is 2.17. The van der Waals surface area contributed by atoms with E-state index in [2.05, 4.69) is 5.32 Å². The largest absolute Gasteiger partial charge is 0.480 e. The summed E-state index contributed by atoms with van der Waals surface area (Å²) in [4.78, 5) is 10.9. The van der Waals surface area contributed by atoms with Crippen LogP contribution >= 0.6 is 0 Å². The number of ether oxygens (including phenoxy) is 1. The van der Waals surface area contributed by atoms with Gasteiger partial charge in [-0.05, 0) is 30.7 Å². The number of hydrogen-bond donors (Lipinski definition) is 2. The van der Waals surface area contributed by atoms with Crippen molar-refractivity contribution in [3.63, 3.8) is 0 Å². The topological polar surface area (TPSA) is 58.6 Å². The minimum atomic E-state index is -1.01. The van der Waals surface area contributed by atoms with Crippen LogP contribution in [0.2, 0.25) is 0 Å². The zero-order valence-electron chi connectivity index (χ0n) is 9.16. The number of carboxylic acid groups (broad SMARTS) is 1. The van der Waals surface area contributed by atoms with Crippen molar-refractivity contribution in [3.05, 3.63) is 29.6 Å². The van der Waals surface area contributed by atoms with Crippen molar-refractivity contribution in [2.45, 2.75) is 13.0 Å². The van der Waals surface area contributed by atoms with Crippen LogP contribution in [0, 0.1) is 12.7 Å². The van der Waals surface area contributed by atoms with Gasteiger partial charge in [0, 0.05) is 12.8 Å². The van der Waals surface area contributed by atoms with E-state index in [0.717, 1.165) is 0 Å². The average Bonchev–Trinajstić information content (AvgIpc) is 2.20. The highest BCUT2D eigenvalue weighted by Crippen LogP contribution is 2.16. The Bertz CT molecular complexity index is 381. The molecule has 5 heteroatoms. The Morgan fingerprint density at radius 3 is 2.81 bits per heavy atom. The van der Waals surface area contributed by atoms with Crippen LogP contribution in [0.15, 0.2) is 18.2 Å². The number of carboxylic acids is 1. The quantitative estimate of drug-likeness (QED) is 0.803. The minimum absolute atomic E-state index is 0.0478. The van der Waals surface area contributed by atoms with E-state index in [1.165, 1.54) is 25.3 Å². The Balaban J connectivity index is 2.81. The number of methoxy groups -OCH3 is 1. The number of anilines is 1. The molecular weight excluding hydrogens is 213 g/mol. The lowest BCUT2D eigenvalue weighted by molar-refractivity contribution is -0.139. The molecule has 0 amide bonds. The lowest BCUT2D eigenvalue weighted by atomic mass is 10.1. The van der Waals surface area contributed by atoms with Crippen LogP contribution in [0.3, 0.4) is 0 Å². The number of nitrogens with one attached hydrogen (secondary N) is 1. The van der Waals surface area contributed by atoms with Crippen molar-refractivity contribution in [3.8, 4) is 0 Å². The minimum Gasteiger partial charge on any atom is -0.480 e. The first-order chi connectivity index (χ1) is 7.54. The fourth-order valence-corrected chi connectivity index (χ4v) is 1.32. The number of aliphatic carboxylic acids is 1. The number of rotatable bonds is 5. The van der Waals surface area contributed by atoms with E-state index < -0.39 is 12.0 Å². The fraction of sp³-hybridized carbons (Fsp3) is 0.364. The molecule has 4 nitrogen and oxygen atoms in total. The van der Waals surface area contributed by atoms with Gasteiger partial charge >= 0.3 is 5.97 Å². The molecule has 1 aromatic rings. The van der Waals surface area contributed by atoms with E-state index in [0.29, 0.717) is 11.3 Å². The summed E-state index contributed by atoms with van der Waals surface area (Å²) in [5.41, 5.74) is 1.24. The number of benzene rings is 1. The molecule has 0 saturated heterocycles. The van der Waals surface area contributed by atoms with E-state index in [4.69, 9.17) is 9.84 Å². The van der Waals surface area contributed by atoms with Gasteiger partial charge in [0.25, 0.3) is 0 Å². The van der Waals surface area contributed by atoms with Crippen molar-refractivity contribution >= 4 is 11.7 Å². The number of hydrogen-bond acceptors (Lipinski definition) is 3. The molecule has 0 aliphatic carbocycles. The third kappa shape index (κ3) is 3.20. The van der Waals surface area contributed by atoms with Crippen LogP contribution < -0.4 is 5.32 Å². The van der Waals surface area contributed by atoms with Crippen molar-refractivity contribution in [1.29, 1.82) is 0 Å². The molecule has 0 fully saturated rings. The van der Waals surface area contributed by atoms with Crippen molar-refractivity contribution in [2.75, 3.05) is 19.0 Å². The third-order valence-corrected chi connectivity index (χ3v) is 2.15. The van der Waals surface area contributed by atoms with Crippen LogP contribution in [0.1, 0.15) is 5.56 Å².